The summed E-state index contributed by atoms with van der Waals surface area (Å²) in [5.74, 6) is -0.0564. The molecule has 0 fully saturated rings. The minimum absolute atomic E-state index is 0.0564. The Bertz CT molecular complexity index is 394. The number of aromatic nitrogens is 3. The first-order valence-corrected chi connectivity index (χ1v) is 7.07. The fraction of sp³-hybridized carbons (Fsp3) is 0.769. The van der Waals surface area contributed by atoms with E-state index in [2.05, 4.69) is 27.9 Å². The lowest BCUT2D eigenvalue weighted by Crippen LogP contribution is -2.32. The summed E-state index contributed by atoms with van der Waals surface area (Å²) in [6.07, 6.45) is 3.69. The first-order chi connectivity index (χ1) is 9.69. The van der Waals surface area contributed by atoms with E-state index in [1.807, 2.05) is 13.1 Å². The summed E-state index contributed by atoms with van der Waals surface area (Å²) in [5, 5.41) is 14.2. The van der Waals surface area contributed by atoms with E-state index in [0.717, 1.165) is 25.1 Å². The average molecular weight is 283 g/mol. The lowest BCUT2D eigenvalue weighted by molar-refractivity contribution is -0.124. The van der Waals surface area contributed by atoms with Crippen LogP contribution in [0, 0.1) is 0 Å². The minimum Gasteiger partial charge on any atom is -0.385 e. The van der Waals surface area contributed by atoms with Gasteiger partial charge in [0.2, 0.25) is 5.91 Å². The van der Waals surface area contributed by atoms with Crippen LogP contribution >= 0.6 is 0 Å². The Morgan fingerprint density at radius 2 is 2.30 bits per heavy atom. The van der Waals surface area contributed by atoms with Crippen molar-refractivity contribution in [2.45, 2.75) is 39.3 Å². The predicted octanol–water partition coefficient (Wildman–Crippen LogP) is 0.491. The molecule has 0 aliphatic heterocycles. The van der Waals surface area contributed by atoms with Gasteiger partial charge in [0.15, 0.2) is 0 Å². The lowest BCUT2D eigenvalue weighted by atomic mass is 10.3. The summed E-state index contributed by atoms with van der Waals surface area (Å²) >= 11 is 0. The zero-order chi connectivity index (χ0) is 14.8. The van der Waals surface area contributed by atoms with E-state index in [0.29, 0.717) is 19.7 Å². The third-order valence-corrected chi connectivity index (χ3v) is 2.89. The molecule has 0 spiro atoms. The van der Waals surface area contributed by atoms with Gasteiger partial charge >= 0.3 is 0 Å². The summed E-state index contributed by atoms with van der Waals surface area (Å²) in [4.78, 5) is 11.9. The van der Waals surface area contributed by atoms with Gasteiger partial charge in [-0.1, -0.05) is 12.1 Å². The second-order valence-corrected chi connectivity index (χ2v) is 4.68. The normalized spacial score (nSPS) is 12.3. The standard InChI is InChI=1S/C13H25N5O2/c1-4-6-14-9-12-10-18(17-16-12)11(2)13(19)15-7-5-8-20-3/h10-11,14H,4-9H2,1-3H3,(H,15,19). The molecular weight excluding hydrogens is 258 g/mol. The number of nitrogens with zero attached hydrogens (tertiary/aromatic N) is 3. The van der Waals surface area contributed by atoms with Gasteiger partial charge in [-0.3, -0.25) is 4.79 Å². The van der Waals surface area contributed by atoms with Gasteiger partial charge in [-0.15, -0.1) is 5.10 Å². The van der Waals surface area contributed by atoms with Gasteiger partial charge < -0.3 is 15.4 Å². The van der Waals surface area contributed by atoms with Crippen LogP contribution in [0.1, 0.15) is 38.4 Å². The third kappa shape index (κ3) is 5.66. The third-order valence-electron chi connectivity index (χ3n) is 2.89. The highest BCUT2D eigenvalue weighted by Crippen LogP contribution is 2.04. The summed E-state index contributed by atoms with van der Waals surface area (Å²) in [5.41, 5.74) is 0.845. The molecule has 1 heterocycles. The zero-order valence-electron chi connectivity index (χ0n) is 12.6. The molecule has 0 saturated carbocycles. The molecule has 1 aromatic heterocycles. The fourth-order valence-electron chi connectivity index (χ4n) is 1.67. The van der Waals surface area contributed by atoms with Crippen molar-refractivity contribution in [1.29, 1.82) is 0 Å². The number of carbonyl (C=O) groups excluding carboxylic acids is 1. The second kappa shape index (κ2) is 9.44. The molecule has 1 aromatic rings. The van der Waals surface area contributed by atoms with E-state index >= 15 is 0 Å². The number of ether oxygens (including phenoxy) is 1. The number of hydrogen-bond acceptors (Lipinski definition) is 5. The molecule has 0 aliphatic carbocycles. The van der Waals surface area contributed by atoms with Crippen LogP contribution in [0.3, 0.4) is 0 Å². The Morgan fingerprint density at radius 3 is 3.00 bits per heavy atom. The van der Waals surface area contributed by atoms with Crippen LogP contribution in [0.2, 0.25) is 0 Å². The zero-order valence-corrected chi connectivity index (χ0v) is 12.6. The molecular formula is C13H25N5O2. The monoisotopic (exact) mass is 283 g/mol. The Morgan fingerprint density at radius 1 is 1.50 bits per heavy atom. The van der Waals surface area contributed by atoms with E-state index in [1.165, 1.54) is 0 Å². The summed E-state index contributed by atoms with van der Waals surface area (Å²) in [6.45, 7) is 6.80. The maximum Gasteiger partial charge on any atom is 0.244 e. The molecule has 20 heavy (non-hydrogen) atoms. The topological polar surface area (TPSA) is 81.1 Å². The van der Waals surface area contributed by atoms with Crippen molar-refractivity contribution < 1.29 is 9.53 Å². The maximum atomic E-state index is 11.9. The number of nitrogens with one attached hydrogen (secondary N) is 2. The van der Waals surface area contributed by atoms with Gasteiger partial charge in [0, 0.05) is 26.8 Å². The molecule has 1 amide bonds. The SMILES string of the molecule is CCCNCc1cn(C(C)C(=O)NCCCOC)nn1. The van der Waals surface area contributed by atoms with Crippen molar-refractivity contribution in [3.8, 4) is 0 Å². The average Bonchev–Trinajstić information content (AvgIpc) is 2.91. The maximum absolute atomic E-state index is 11.9. The van der Waals surface area contributed by atoms with Crippen molar-refractivity contribution in [2.75, 3.05) is 26.8 Å². The van der Waals surface area contributed by atoms with Crippen molar-refractivity contribution in [2.24, 2.45) is 0 Å². The Balaban J connectivity index is 2.38. The van der Waals surface area contributed by atoms with Crippen molar-refractivity contribution in [3.05, 3.63) is 11.9 Å². The largest absolute Gasteiger partial charge is 0.385 e. The van der Waals surface area contributed by atoms with Crippen LogP contribution in [-0.2, 0) is 16.1 Å². The van der Waals surface area contributed by atoms with Gasteiger partial charge in [0.25, 0.3) is 0 Å². The van der Waals surface area contributed by atoms with Crippen molar-refractivity contribution in [1.82, 2.24) is 25.6 Å². The number of rotatable bonds is 10. The van der Waals surface area contributed by atoms with Crippen LogP contribution in [0.25, 0.3) is 0 Å². The predicted molar refractivity (Wildman–Crippen MR) is 76.2 cm³/mol. The Hall–Kier alpha value is -1.47. The fourth-order valence-corrected chi connectivity index (χ4v) is 1.67. The molecule has 2 N–H and O–H groups in total. The summed E-state index contributed by atoms with van der Waals surface area (Å²) in [6, 6.07) is -0.357. The highest BCUT2D eigenvalue weighted by atomic mass is 16.5. The molecule has 7 heteroatoms. The Kier molecular flexibility index (Phi) is 7.82. The van der Waals surface area contributed by atoms with E-state index in [4.69, 9.17) is 4.74 Å². The molecule has 1 rings (SSSR count). The van der Waals surface area contributed by atoms with Crippen LogP contribution in [0.15, 0.2) is 6.20 Å². The first-order valence-electron chi connectivity index (χ1n) is 7.07. The summed E-state index contributed by atoms with van der Waals surface area (Å²) in [7, 11) is 1.65. The highest BCUT2D eigenvalue weighted by Gasteiger charge is 2.15. The number of hydrogen-bond donors (Lipinski definition) is 2. The number of carbonyl (C=O) groups is 1. The molecule has 7 nitrogen and oxygen atoms in total. The van der Waals surface area contributed by atoms with Gasteiger partial charge in [-0.2, -0.15) is 0 Å². The van der Waals surface area contributed by atoms with E-state index in [9.17, 15) is 4.79 Å². The molecule has 0 aliphatic rings. The van der Waals surface area contributed by atoms with E-state index < -0.39 is 0 Å². The molecule has 0 aromatic carbocycles. The van der Waals surface area contributed by atoms with Crippen molar-refractivity contribution in [3.63, 3.8) is 0 Å². The highest BCUT2D eigenvalue weighted by molar-refractivity contribution is 5.79. The molecule has 0 bridgehead atoms. The van der Waals surface area contributed by atoms with E-state index in [-0.39, 0.29) is 11.9 Å². The molecule has 1 atom stereocenters. The first kappa shape index (κ1) is 16.6. The quantitative estimate of drug-likeness (QED) is 0.611. The van der Waals surface area contributed by atoms with Crippen LogP contribution in [-0.4, -0.2) is 47.7 Å². The Labute approximate surface area is 120 Å². The number of amides is 1. The van der Waals surface area contributed by atoms with Gasteiger partial charge in [-0.05, 0) is 26.3 Å². The van der Waals surface area contributed by atoms with E-state index in [1.54, 1.807) is 11.8 Å². The second-order valence-electron chi connectivity index (χ2n) is 4.68. The van der Waals surface area contributed by atoms with Gasteiger partial charge in [0.05, 0.1) is 11.9 Å². The van der Waals surface area contributed by atoms with Crippen LogP contribution in [0.5, 0.6) is 0 Å². The minimum atomic E-state index is -0.357. The number of methoxy groups -OCH3 is 1. The van der Waals surface area contributed by atoms with Crippen LogP contribution < -0.4 is 10.6 Å². The smallest absolute Gasteiger partial charge is 0.244 e. The lowest BCUT2D eigenvalue weighted by Gasteiger charge is -2.11. The molecule has 0 radical (unpaired) electrons. The van der Waals surface area contributed by atoms with Gasteiger partial charge in [-0.25, -0.2) is 4.68 Å². The molecule has 1 unspecified atom stereocenters. The van der Waals surface area contributed by atoms with Gasteiger partial charge in [0.1, 0.15) is 6.04 Å². The van der Waals surface area contributed by atoms with Crippen LogP contribution in [0.4, 0.5) is 0 Å². The molecule has 0 saturated heterocycles. The van der Waals surface area contributed by atoms with Crippen molar-refractivity contribution >= 4 is 5.91 Å². The summed E-state index contributed by atoms with van der Waals surface area (Å²) < 4.78 is 6.52. The molecule has 114 valence electrons.